The lowest BCUT2D eigenvalue weighted by Gasteiger charge is -2.05. The molecule has 1 aromatic rings. The number of hydrogen-bond donors (Lipinski definition) is 1. The zero-order valence-corrected chi connectivity index (χ0v) is 11.4. The van der Waals surface area contributed by atoms with Gasteiger partial charge in [-0.2, -0.15) is 0 Å². The van der Waals surface area contributed by atoms with Gasteiger partial charge in [0, 0.05) is 16.9 Å². The predicted molar refractivity (Wildman–Crippen MR) is 71.2 cm³/mol. The van der Waals surface area contributed by atoms with Crippen LogP contribution >= 0.6 is 27.5 Å². The lowest BCUT2D eigenvalue weighted by atomic mass is 10.1. The summed E-state index contributed by atoms with van der Waals surface area (Å²) in [6.07, 6.45) is 2.43. The van der Waals surface area contributed by atoms with Crippen LogP contribution in [-0.2, 0) is 11.2 Å². The van der Waals surface area contributed by atoms with Crippen molar-refractivity contribution in [2.75, 3.05) is 11.9 Å². The summed E-state index contributed by atoms with van der Waals surface area (Å²) in [6.45, 7) is 0.731. The number of amides is 1. The molecule has 0 atom stereocenters. The third kappa shape index (κ3) is 4.99. The first kappa shape index (κ1) is 13.5. The maximum atomic E-state index is 11.5. The third-order valence-electron chi connectivity index (χ3n) is 2.19. The fourth-order valence-corrected chi connectivity index (χ4v) is 1.92. The molecule has 0 fully saturated rings. The van der Waals surface area contributed by atoms with Gasteiger partial charge in [0.2, 0.25) is 5.91 Å². The molecule has 1 aromatic carbocycles. The van der Waals surface area contributed by atoms with E-state index in [4.69, 9.17) is 11.6 Å². The molecule has 0 saturated heterocycles. The van der Waals surface area contributed by atoms with E-state index in [1.54, 1.807) is 6.07 Å². The Balaban J connectivity index is 2.32. The van der Waals surface area contributed by atoms with E-state index in [2.05, 4.69) is 21.2 Å². The van der Waals surface area contributed by atoms with Gasteiger partial charge in [0.05, 0.1) is 6.42 Å². The van der Waals surface area contributed by atoms with Crippen LogP contribution in [0.15, 0.2) is 24.3 Å². The van der Waals surface area contributed by atoms with Crippen molar-refractivity contribution in [3.05, 3.63) is 34.9 Å². The number of rotatable bonds is 6. The van der Waals surface area contributed by atoms with Gasteiger partial charge in [-0.1, -0.05) is 45.7 Å². The minimum atomic E-state index is 0.0303. The van der Waals surface area contributed by atoms with Gasteiger partial charge in [-0.05, 0) is 24.5 Å². The molecule has 2 nitrogen and oxygen atoms in total. The second-order valence-corrected chi connectivity index (χ2v) is 4.71. The number of carbonyl (C=O) groups excluding carboxylic acids is 1. The summed E-state index contributed by atoms with van der Waals surface area (Å²) in [5, 5.41) is 4.51. The van der Waals surface area contributed by atoms with Crippen LogP contribution in [0.4, 0.5) is 0 Å². The molecule has 1 amide bonds. The Morgan fingerprint density at radius 3 is 2.75 bits per heavy atom. The molecular formula is C12H15BrClNO. The molecule has 0 aliphatic carbocycles. The number of halogens is 2. The van der Waals surface area contributed by atoms with E-state index >= 15 is 0 Å². The summed E-state index contributed by atoms with van der Waals surface area (Å²) in [4.78, 5) is 11.5. The topological polar surface area (TPSA) is 29.1 Å². The molecule has 0 aliphatic rings. The van der Waals surface area contributed by atoms with Crippen molar-refractivity contribution >= 4 is 33.4 Å². The Hall–Kier alpha value is -0.540. The number of unbranched alkanes of at least 4 members (excludes halogenated alkanes) is 1. The van der Waals surface area contributed by atoms with Crippen molar-refractivity contribution in [1.82, 2.24) is 5.32 Å². The fourth-order valence-electron chi connectivity index (χ4n) is 1.32. The summed E-state index contributed by atoms with van der Waals surface area (Å²) < 4.78 is 0. The average molecular weight is 305 g/mol. The van der Waals surface area contributed by atoms with E-state index in [9.17, 15) is 4.79 Å². The van der Waals surface area contributed by atoms with Crippen molar-refractivity contribution in [2.45, 2.75) is 19.3 Å². The zero-order chi connectivity index (χ0) is 11.8. The molecule has 0 heterocycles. The lowest BCUT2D eigenvalue weighted by molar-refractivity contribution is -0.120. The normalized spacial score (nSPS) is 10.1. The second-order valence-electron chi connectivity index (χ2n) is 3.51. The lowest BCUT2D eigenvalue weighted by Crippen LogP contribution is -2.26. The zero-order valence-electron chi connectivity index (χ0n) is 9.01. The Morgan fingerprint density at radius 1 is 1.31 bits per heavy atom. The first-order chi connectivity index (χ1) is 7.74. The number of benzene rings is 1. The van der Waals surface area contributed by atoms with Gasteiger partial charge in [-0.25, -0.2) is 0 Å². The third-order valence-corrected chi connectivity index (χ3v) is 3.12. The molecule has 0 aromatic heterocycles. The van der Waals surface area contributed by atoms with E-state index in [-0.39, 0.29) is 5.91 Å². The second kappa shape index (κ2) is 7.69. The predicted octanol–water partition coefficient (Wildman–Crippen LogP) is 3.17. The first-order valence-electron chi connectivity index (χ1n) is 5.30. The van der Waals surface area contributed by atoms with Crippen LogP contribution in [0.25, 0.3) is 0 Å². The highest BCUT2D eigenvalue weighted by Crippen LogP contribution is 2.15. The van der Waals surface area contributed by atoms with Crippen molar-refractivity contribution in [3.8, 4) is 0 Å². The van der Waals surface area contributed by atoms with Crippen molar-refractivity contribution in [2.24, 2.45) is 0 Å². The fraction of sp³-hybridized carbons (Fsp3) is 0.417. The standard InChI is InChI=1S/C12H15BrClNO/c13-7-3-4-8-15-12(16)9-10-5-1-2-6-11(10)14/h1-2,5-6H,3-4,7-9H2,(H,15,16). The summed E-state index contributed by atoms with van der Waals surface area (Å²) in [7, 11) is 0. The van der Waals surface area contributed by atoms with Crippen LogP contribution in [0.3, 0.4) is 0 Å². The van der Waals surface area contributed by atoms with Crippen LogP contribution in [0.2, 0.25) is 5.02 Å². The monoisotopic (exact) mass is 303 g/mol. The first-order valence-corrected chi connectivity index (χ1v) is 6.80. The molecule has 0 bridgehead atoms. The van der Waals surface area contributed by atoms with Crippen LogP contribution < -0.4 is 5.32 Å². The molecule has 0 saturated carbocycles. The minimum Gasteiger partial charge on any atom is -0.356 e. The minimum absolute atomic E-state index is 0.0303. The quantitative estimate of drug-likeness (QED) is 0.635. The van der Waals surface area contributed by atoms with E-state index < -0.39 is 0 Å². The molecule has 0 aliphatic heterocycles. The number of alkyl halides is 1. The van der Waals surface area contributed by atoms with Gasteiger partial charge in [0.1, 0.15) is 0 Å². The van der Waals surface area contributed by atoms with Gasteiger partial charge in [-0.15, -0.1) is 0 Å². The maximum absolute atomic E-state index is 11.5. The number of carbonyl (C=O) groups is 1. The molecule has 16 heavy (non-hydrogen) atoms. The Morgan fingerprint density at radius 2 is 2.06 bits per heavy atom. The molecule has 0 radical (unpaired) electrons. The van der Waals surface area contributed by atoms with E-state index in [0.717, 1.165) is 30.3 Å². The largest absolute Gasteiger partial charge is 0.356 e. The summed E-state index contributed by atoms with van der Waals surface area (Å²) in [5.41, 5.74) is 0.877. The van der Waals surface area contributed by atoms with Crippen molar-refractivity contribution < 1.29 is 4.79 Å². The van der Waals surface area contributed by atoms with Crippen molar-refractivity contribution in [3.63, 3.8) is 0 Å². The molecular weight excluding hydrogens is 289 g/mol. The van der Waals surface area contributed by atoms with E-state index in [1.165, 1.54) is 0 Å². The average Bonchev–Trinajstić information content (AvgIpc) is 2.28. The van der Waals surface area contributed by atoms with E-state index in [1.807, 2.05) is 18.2 Å². The van der Waals surface area contributed by atoms with Gasteiger partial charge >= 0.3 is 0 Å². The molecule has 4 heteroatoms. The maximum Gasteiger partial charge on any atom is 0.224 e. The van der Waals surface area contributed by atoms with Crippen molar-refractivity contribution in [1.29, 1.82) is 0 Å². The highest BCUT2D eigenvalue weighted by Gasteiger charge is 2.05. The van der Waals surface area contributed by atoms with Crippen LogP contribution in [0.1, 0.15) is 18.4 Å². The van der Waals surface area contributed by atoms with Gasteiger partial charge in [0.15, 0.2) is 0 Å². The highest BCUT2D eigenvalue weighted by molar-refractivity contribution is 9.09. The number of hydrogen-bond acceptors (Lipinski definition) is 1. The van der Waals surface area contributed by atoms with Crippen LogP contribution in [0, 0.1) is 0 Å². The summed E-state index contributed by atoms with van der Waals surface area (Å²) in [6, 6.07) is 7.43. The molecule has 1 N–H and O–H groups in total. The van der Waals surface area contributed by atoms with E-state index in [0.29, 0.717) is 11.4 Å². The highest BCUT2D eigenvalue weighted by atomic mass is 79.9. The van der Waals surface area contributed by atoms with Gasteiger partial charge in [-0.3, -0.25) is 4.79 Å². The summed E-state index contributed by atoms with van der Waals surface area (Å²) >= 11 is 9.32. The Labute approximate surface area is 110 Å². The van der Waals surface area contributed by atoms with Gasteiger partial charge in [0.25, 0.3) is 0 Å². The molecule has 0 spiro atoms. The molecule has 1 rings (SSSR count). The van der Waals surface area contributed by atoms with Crippen LogP contribution in [0.5, 0.6) is 0 Å². The summed E-state index contributed by atoms with van der Waals surface area (Å²) in [5.74, 6) is 0.0303. The van der Waals surface area contributed by atoms with Gasteiger partial charge < -0.3 is 5.32 Å². The smallest absolute Gasteiger partial charge is 0.224 e. The molecule has 88 valence electrons. The Kier molecular flexibility index (Phi) is 6.50. The van der Waals surface area contributed by atoms with Crippen LogP contribution in [-0.4, -0.2) is 17.8 Å². The Bertz CT molecular complexity index is 344. The molecule has 0 unspecified atom stereocenters. The SMILES string of the molecule is O=C(Cc1ccccc1Cl)NCCCCBr. The number of nitrogens with one attached hydrogen (secondary N) is 1.